The average molecular weight is 382 g/mol. The van der Waals surface area contributed by atoms with Crippen molar-refractivity contribution in [1.29, 1.82) is 0 Å². The van der Waals surface area contributed by atoms with Gasteiger partial charge >= 0.3 is 0 Å². The van der Waals surface area contributed by atoms with Gasteiger partial charge in [-0.15, -0.1) is 0 Å². The molecular formula is C21H20ClN3O2. The van der Waals surface area contributed by atoms with Crippen LogP contribution >= 0.6 is 11.6 Å². The third-order valence-corrected chi connectivity index (χ3v) is 4.39. The third-order valence-electron chi connectivity index (χ3n) is 4.14. The minimum absolute atomic E-state index is 0.109. The number of hydrogen-bond acceptors (Lipinski definition) is 3. The Morgan fingerprint density at radius 1 is 1.00 bits per heavy atom. The topological polar surface area (TPSA) is 64.0 Å². The van der Waals surface area contributed by atoms with E-state index in [-0.39, 0.29) is 24.4 Å². The number of amides is 1. The summed E-state index contributed by atoms with van der Waals surface area (Å²) in [5, 5.41) is 7.92. The molecule has 0 fully saturated rings. The van der Waals surface area contributed by atoms with Crippen LogP contribution in [-0.4, -0.2) is 22.2 Å². The van der Waals surface area contributed by atoms with Crippen LogP contribution in [0.2, 0.25) is 5.02 Å². The summed E-state index contributed by atoms with van der Waals surface area (Å²) < 4.78 is 1.33. The number of carbonyl (C=O) groups excluding carboxylic acids is 1. The summed E-state index contributed by atoms with van der Waals surface area (Å²) in [6.07, 6.45) is 0.927. The molecule has 3 aromatic rings. The van der Waals surface area contributed by atoms with Gasteiger partial charge in [0.15, 0.2) is 0 Å². The van der Waals surface area contributed by atoms with Gasteiger partial charge in [-0.05, 0) is 30.2 Å². The minimum Gasteiger partial charge on any atom is -0.356 e. The number of aromatic nitrogens is 2. The van der Waals surface area contributed by atoms with Crippen LogP contribution in [0.4, 0.5) is 0 Å². The SMILES string of the molecule is O=C(CCn1nc(-c2ccccc2)ccc1=O)NCCc1ccc(Cl)cc1. The molecule has 0 unspecified atom stereocenters. The van der Waals surface area contributed by atoms with Gasteiger partial charge in [-0.25, -0.2) is 4.68 Å². The van der Waals surface area contributed by atoms with E-state index in [2.05, 4.69) is 10.4 Å². The van der Waals surface area contributed by atoms with Crippen LogP contribution in [0.5, 0.6) is 0 Å². The molecule has 1 heterocycles. The number of aryl methyl sites for hydroxylation is 1. The standard InChI is InChI=1S/C21H20ClN3O2/c22-18-8-6-16(7-9-18)12-14-23-20(26)13-15-25-21(27)11-10-19(24-25)17-4-2-1-3-5-17/h1-11H,12-15H2,(H,23,26). The smallest absolute Gasteiger partial charge is 0.266 e. The molecule has 0 aliphatic heterocycles. The van der Waals surface area contributed by atoms with Crippen molar-refractivity contribution in [1.82, 2.24) is 15.1 Å². The van der Waals surface area contributed by atoms with Crippen LogP contribution in [0.15, 0.2) is 71.5 Å². The molecule has 0 saturated heterocycles. The predicted molar refractivity (Wildman–Crippen MR) is 107 cm³/mol. The first kappa shape index (κ1) is 18.9. The molecule has 0 atom stereocenters. The van der Waals surface area contributed by atoms with Gasteiger partial charge in [0, 0.05) is 29.6 Å². The van der Waals surface area contributed by atoms with Gasteiger partial charge < -0.3 is 5.32 Å². The van der Waals surface area contributed by atoms with Crippen LogP contribution in [0.25, 0.3) is 11.3 Å². The van der Waals surface area contributed by atoms with E-state index in [4.69, 9.17) is 11.6 Å². The molecular weight excluding hydrogens is 362 g/mol. The number of nitrogens with one attached hydrogen (secondary N) is 1. The summed E-state index contributed by atoms with van der Waals surface area (Å²) >= 11 is 5.86. The van der Waals surface area contributed by atoms with E-state index in [1.165, 1.54) is 10.7 Å². The molecule has 6 heteroatoms. The normalized spacial score (nSPS) is 10.6. The monoisotopic (exact) mass is 381 g/mol. The van der Waals surface area contributed by atoms with Crippen molar-refractivity contribution in [3.05, 3.63) is 87.7 Å². The van der Waals surface area contributed by atoms with Crippen molar-refractivity contribution in [3.63, 3.8) is 0 Å². The molecule has 0 bridgehead atoms. The average Bonchev–Trinajstić information content (AvgIpc) is 2.69. The van der Waals surface area contributed by atoms with E-state index in [0.29, 0.717) is 17.3 Å². The summed E-state index contributed by atoms with van der Waals surface area (Å²) in [7, 11) is 0. The molecule has 1 N–H and O–H groups in total. The summed E-state index contributed by atoms with van der Waals surface area (Å²) in [5.41, 5.74) is 2.52. The quantitative estimate of drug-likeness (QED) is 0.682. The number of benzene rings is 2. The first-order valence-electron chi connectivity index (χ1n) is 8.76. The first-order chi connectivity index (χ1) is 13.1. The molecule has 0 saturated carbocycles. The maximum atomic E-state index is 12.1. The lowest BCUT2D eigenvalue weighted by atomic mass is 10.1. The summed E-state index contributed by atoms with van der Waals surface area (Å²) in [6, 6.07) is 20.3. The van der Waals surface area contributed by atoms with Gasteiger partial charge in [0.25, 0.3) is 5.56 Å². The van der Waals surface area contributed by atoms with E-state index in [9.17, 15) is 9.59 Å². The van der Waals surface area contributed by atoms with Crippen molar-refractivity contribution in [3.8, 4) is 11.3 Å². The zero-order valence-corrected chi connectivity index (χ0v) is 15.5. The number of carbonyl (C=O) groups is 1. The van der Waals surface area contributed by atoms with Crippen LogP contribution in [0, 0.1) is 0 Å². The lowest BCUT2D eigenvalue weighted by Crippen LogP contribution is -2.29. The fourth-order valence-electron chi connectivity index (χ4n) is 2.67. The van der Waals surface area contributed by atoms with Gasteiger partial charge in [0.2, 0.25) is 5.91 Å². The molecule has 2 aromatic carbocycles. The predicted octanol–water partition coefficient (Wildman–Crippen LogP) is 3.31. The van der Waals surface area contributed by atoms with Gasteiger partial charge in [-0.1, -0.05) is 54.1 Å². The Bertz CT molecular complexity index is 953. The Balaban J connectivity index is 1.52. The molecule has 3 rings (SSSR count). The highest BCUT2D eigenvalue weighted by atomic mass is 35.5. The highest BCUT2D eigenvalue weighted by Gasteiger charge is 2.06. The summed E-state index contributed by atoms with van der Waals surface area (Å²) in [5.74, 6) is -0.109. The zero-order chi connectivity index (χ0) is 19.1. The van der Waals surface area contributed by atoms with Crippen molar-refractivity contribution >= 4 is 17.5 Å². The van der Waals surface area contributed by atoms with E-state index in [0.717, 1.165) is 17.5 Å². The van der Waals surface area contributed by atoms with Crippen LogP contribution in [0.1, 0.15) is 12.0 Å². The maximum absolute atomic E-state index is 12.1. The van der Waals surface area contributed by atoms with Gasteiger partial charge in [0.05, 0.1) is 12.2 Å². The number of nitrogens with zero attached hydrogens (tertiary/aromatic N) is 2. The molecule has 1 amide bonds. The van der Waals surface area contributed by atoms with E-state index in [1.807, 2.05) is 54.6 Å². The molecule has 0 radical (unpaired) electrons. The number of hydrogen-bond donors (Lipinski definition) is 1. The lowest BCUT2D eigenvalue weighted by molar-refractivity contribution is -0.121. The fraction of sp³-hybridized carbons (Fsp3) is 0.190. The first-order valence-corrected chi connectivity index (χ1v) is 9.14. The van der Waals surface area contributed by atoms with Gasteiger partial charge in [-0.2, -0.15) is 5.10 Å². The maximum Gasteiger partial charge on any atom is 0.266 e. The van der Waals surface area contributed by atoms with E-state index < -0.39 is 0 Å². The van der Waals surface area contributed by atoms with Crippen molar-refractivity contribution in [2.24, 2.45) is 0 Å². The Morgan fingerprint density at radius 2 is 1.74 bits per heavy atom. The zero-order valence-electron chi connectivity index (χ0n) is 14.8. The minimum atomic E-state index is -0.219. The van der Waals surface area contributed by atoms with Crippen molar-refractivity contribution in [2.45, 2.75) is 19.4 Å². The van der Waals surface area contributed by atoms with Crippen LogP contribution in [-0.2, 0) is 17.8 Å². The molecule has 138 valence electrons. The Kier molecular flexibility index (Phi) is 6.39. The van der Waals surface area contributed by atoms with E-state index in [1.54, 1.807) is 6.07 Å². The molecule has 5 nitrogen and oxygen atoms in total. The Hall–Kier alpha value is -2.92. The number of rotatable bonds is 7. The Morgan fingerprint density at radius 3 is 2.48 bits per heavy atom. The van der Waals surface area contributed by atoms with Crippen molar-refractivity contribution in [2.75, 3.05) is 6.54 Å². The molecule has 0 spiro atoms. The highest BCUT2D eigenvalue weighted by Crippen LogP contribution is 2.14. The largest absolute Gasteiger partial charge is 0.356 e. The van der Waals surface area contributed by atoms with E-state index >= 15 is 0 Å². The van der Waals surface area contributed by atoms with Crippen LogP contribution < -0.4 is 10.9 Å². The lowest BCUT2D eigenvalue weighted by Gasteiger charge is -2.08. The molecule has 0 aliphatic rings. The second kappa shape index (κ2) is 9.14. The third kappa shape index (κ3) is 5.53. The molecule has 0 aliphatic carbocycles. The molecule has 1 aromatic heterocycles. The highest BCUT2D eigenvalue weighted by molar-refractivity contribution is 6.30. The number of halogens is 1. The fourth-order valence-corrected chi connectivity index (χ4v) is 2.79. The van der Waals surface area contributed by atoms with Crippen LogP contribution in [0.3, 0.4) is 0 Å². The Labute approximate surface area is 162 Å². The summed E-state index contributed by atoms with van der Waals surface area (Å²) in [6.45, 7) is 0.777. The summed E-state index contributed by atoms with van der Waals surface area (Å²) in [4.78, 5) is 24.1. The second-order valence-electron chi connectivity index (χ2n) is 6.12. The van der Waals surface area contributed by atoms with Gasteiger partial charge in [-0.3, -0.25) is 9.59 Å². The van der Waals surface area contributed by atoms with Gasteiger partial charge in [0.1, 0.15) is 0 Å². The second-order valence-corrected chi connectivity index (χ2v) is 6.56. The van der Waals surface area contributed by atoms with Crippen molar-refractivity contribution < 1.29 is 4.79 Å². The molecule has 27 heavy (non-hydrogen) atoms.